The van der Waals surface area contributed by atoms with Crippen molar-refractivity contribution in [2.24, 2.45) is 0 Å². The summed E-state index contributed by atoms with van der Waals surface area (Å²) in [5, 5.41) is 11.5. The second kappa shape index (κ2) is 8.95. The minimum Gasteiger partial charge on any atom is -0.460 e. The van der Waals surface area contributed by atoms with E-state index in [1.54, 1.807) is 20.2 Å². The van der Waals surface area contributed by atoms with Crippen LogP contribution in [0.4, 0.5) is 11.4 Å². The molecule has 0 aliphatic rings. The first-order valence-electron chi connectivity index (χ1n) is 7.81. The molecule has 0 saturated carbocycles. The van der Waals surface area contributed by atoms with E-state index in [0.29, 0.717) is 5.56 Å². The Kier molecular flexibility index (Phi) is 6.89. The molecular weight excluding hydrogens is 412 g/mol. The number of pyridine rings is 1. The van der Waals surface area contributed by atoms with Crippen LogP contribution in [0.2, 0.25) is 5.15 Å². The quantitative estimate of drug-likeness (QED) is 0.291. The zero-order chi connectivity index (χ0) is 20.9. The molecule has 0 spiro atoms. The molecule has 1 aromatic carbocycles. The van der Waals surface area contributed by atoms with Gasteiger partial charge in [0, 0.05) is 31.9 Å². The molecule has 0 aliphatic carbocycles. The lowest BCUT2D eigenvalue weighted by atomic mass is 10.2. The molecule has 2 aromatic rings. The highest BCUT2D eigenvalue weighted by atomic mass is 35.5. The van der Waals surface area contributed by atoms with Gasteiger partial charge >= 0.3 is 5.97 Å². The molecule has 1 aromatic heterocycles. The van der Waals surface area contributed by atoms with Crippen molar-refractivity contribution in [1.29, 1.82) is 0 Å². The standard InChI is InChI=1S/C16H17ClN4O6S/c1-20(2)13-5-4-12(7-14(13)21(23)24)28(25,26)19-9-16(22)27-10-11-3-6-15(17)18-8-11/h3-8,19H,9-10H2,1-2H3. The maximum absolute atomic E-state index is 12.3. The van der Waals surface area contributed by atoms with Gasteiger partial charge in [0.2, 0.25) is 10.0 Å². The van der Waals surface area contributed by atoms with Crippen molar-refractivity contribution in [1.82, 2.24) is 9.71 Å². The summed E-state index contributed by atoms with van der Waals surface area (Å²) in [6, 6.07) is 6.60. The van der Waals surface area contributed by atoms with Gasteiger partial charge in [-0.05, 0) is 18.2 Å². The van der Waals surface area contributed by atoms with E-state index in [0.717, 1.165) is 6.07 Å². The second-order valence-corrected chi connectivity index (χ2v) is 7.93. The molecule has 2 rings (SSSR count). The van der Waals surface area contributed by atoms with Gasteiger partial charge in [-0.3, -0.25) is 14.9 Å². The third-order valence-electron chi connectivity index (χ3n) is 3.53. The van der Waals surface area contributed by atoms with E-state index in [9.17, 15) is 23.3 Å². The predicted octanol–water partition coefficient (Wildman–Crippen LogP) is 1.73. The molecule has 28 heavy (non-hydrogen) atoms. The number of benzene rings is 1. The summed E-state index contributed by atoms with van der Waals surface area (Å²) >= 11 is 5.65. The zero-order valence-electron chi connectivity index (χ0n) is 15.0. The lowest BCUT2D eigenvalue weighted by molar-refractivity contribution is -0.384. The van der Waals surface area contributed by atoms with E-state index < -0.39 is 27.5 Å². The Morgan fingerprint density at radius 1 is 1.32 bits per heavy atom. The SMILES string of the molecule is CN(C)c1ccc(S(=O)(=O)NCC(=O)OCc2ccc(Cl)nc2)cc1[N+](=O)[O-]. The number of hydrogen-bond acceptors (Lipinski definition) is 8. The second-order valence-electron chi connectivity index (χ2n) is 5.78. The molecule has 10 nitrogen and oxygen atoms in total. The zero-order valence-corrected chi connectivity index (χ0v) is 16.5. The lowest BCUT2D eigenvalue weighted by Crippen LogP contribution is -2.30. The van der Waals surface area contributed by atoms with Crippen molar-refractivity contribution in [3.8, 4) is 0 Å². The molecule has 0 atom stereocenters. The van der Waals surface area contributed by atoms with Crippen LogP contribution in [-0.2, 0) is 26.2 Å². The summed E-state index contributed by atoms with van der Waals surface area (Å²) in [5.41, 5.74) is 0.459. The smallest absolute Gasteiger partial charge is 0.321 e. The molecule has 0 radical (unpaired) electrons. The van der Waals surface area contributed by atoms with Crippen LogP contribution in [-0.4, -0.2) is 44.9 Å². The van der Waals surface area contributed by atoms with Gasteiger partial charge in [0.1, 0.15) is 24.0 Å². The number of halogens is 1. The Balaban J connectivity index is 2.03. The van der Waals surface area contributed by atoms with Gasteiger partial charge in [-0.1, -0.05) is 17.7 Å². The van der Waals surface area contributed by atoms with Crippen LogP contribution in [0.5, 0.6) is 0 Å². The first kappa shape index (κ1) is 21.5. The number of rotatable bonds is 8. The van der Waals surface area contributed by atoms with Gasteiger partial charge in [0.15, 0.2) is 0 Å². The maximum Gasteiger partial charge on any atom is 0.321 e. The largest absolute Gasteiger partial charge is 0.460 e. The topological polar surface area (TPSA) is 132 Å². The van der Waals surface area contributed by atoms with Gasteiger partial charge < -0.3 is 9.64 Å². The van der Waals surface area contributed by atoms with Crippen LogP contribution in [0.15, 0.2) is 41.4 Å². The monoisotopic (exact) mass is 428 g/mol. The Morgan fingerprint density at radius 2 is 2.04 bits per heavy atom. The first-order chi connectivity index (χ1) is 13.1. The molecule has 0 saturated heterocycles. The molecule has 0 fully saturated rings. The van der Waals surface area contributed by atoms with E-state index in [1.165, 1.54) is 29.3 Å². The average molecular weight is 429 g/mol. The maximum atomic E-state index is 12.3. The third kappa shape index (κ3) is 5.62. The summed E-state index contributed by atoms with van der Waals surface area (Å²) < 4.78 is 31.7. The molecule has 0 amide bonds. The number of nitrogens with one attached hydrogen (secondary N) is 1. The van der Waals surface area contributed by atoms with Crippen molar-refractivity contribution in [2.75, 3.05) is 25.5 Å². The van der Waals surface area contributed by atoms with Crippen LogP contribution in [0.1, 0.15) is 5.56 Å². The fourth-order valence-electron chi connectivity index (χ4n) is 2.14. The van der Waals surface area contributed by atoms with Crippen LogP contribution in [0.3, 0.4) is 0 Å². The molecule has 1 N–H and O–H groups in total. The number of hydrogen-bond donors (Lipinski definition) is 1. The van der Waals surface area contributed by atoms with E-state index in [4.69, 9.17) is 16.3 Å². The molecule has 0 unspecified atom stereocenters. The van der Waals surface area contributed by atoms with E-state index in [-0.39, 0.29) is 28.0 Å². The normalized spacial score (nSPS) is 11.1. The van der Waals surface area contributed by atoms with E-state index in [2.05, 4.69) is 9.71 Å². The summed E-state index contributed by atoms with van der Waals surface area (Å²) in [6.45, 7) is -0.736. The Labute approximate surface area is 166 Å². The average Bonchev–Trinajstić information content (AvgIpc) is 2.65. The van der Waals surface area contributed by atoms with Crippen molar-refractivity contribution < 1.29 is 22.9 Å². The third-order valence-corrected chi connectivity index (χ3v) is 5.15. The van der Waals surface area contributed by atoms with Crippen molar-refractivity contribution >= 4 is 39.0 Å². The number of carbonyl (C=O) groups is 1. The first-order valence-corrected chi connectivity index (χ1v) is 9.68. The van der Waals surface area contributed by atoms with Gasteiger partial charge in [0.05, 0.1) is 9.82 Å². The van der Waals surface area contributed by atoms with Gasteiger partial charge in [-0.25, -0.2) is 13.4 Å². The number of ether oxygens (including phenoxy) is 1. The van der Waals surface area contributed by atoms with Crippen molar-refractivity contribution in [2.45, 2.75) is 11.5 Å². The van der Waals surface area contributed by atoms with Crippen molar-refractivity contribution in [3.05, 3.63) is 57.4 Å². The highest BCUT2D eigenvalue weighted by Gasteiger charge is 2.23. The molecule has 0 bridgehead atoms. The van der Waals surface area contributed by atoms with Crippen LogP contribution >= 0.6 is 11.6 Å². The molecule has 1 heterocycles. The number of nitrogens with zero attached hydrogens (tertiary/aromatic N) is 3. The van der Waals surface area contributed by atoms with Gasteiger partial charge in [-0.2, -0.15) is 4.72 Å². The summed E-state index contributed by atoms with van der Waals surface area (Å²) in [4.78, 5) is 27.3. The molecule has 150 valence electrons. The predicted molar refractivity (Wildman–Crippen MR) is 102 cm³/mol. The van der Waals surface area contributed by atoms with E-state index in [1.807, 2.05) is 0 Å². The Morgan fingerprint density at radius 3 is 2.61 bits per heavy atom. The molecule has 0 aliphatic heterocycles. The number of aromatic nitrogens is 1. The number of sulfonamides is 1. The minimum atomic E-state index is -4.15. The fourth-order valence-corrected chi connectivity index (χ4v) is 3.24. The number of nitro groups is 1. The Bertz CT molecular complexity index is 979. The van der Waals surface area contributed by atoms with E-state index >= 15 is 0 Å². The molecule has 12 heteroatoms. The van der Waals surface area contributed by atoms with Crippen molar-refractivity contribution in [3.63, 3.8) is 0 Å². The Hall–Kier alpha value is -2.76. The summed E-state index contributed by atoms with van der Waals surface area (Å²) in [5.74, 6) is -0.821. The highest BCUT2D eigenvalue weighted by molar-refractivity contribution is 7.89. The van der Waals surface area contributed by atoms with Crippen LogP contribution in [0, 0.1) is 10.1 Å². The minimum absolute atomic E-state index is 0.103. The number of carbonyl (C=O) groups excluding carboxylic acids is 1. The summed E-state index contributed by atoms with van der Waals surface area (Å²) in [6.07, 6.45) is 1.42. The van der Waals surface area contributed by atoms with Crippen LogP contribution in [0.25, 0.3) is 0 Å². The number of nitro benzene ring substituents is 1. The lowest BCUT2D eigenvalue weighted by Gasteiger charge is -2.13. The van der Waals surface area contributed by atoms with Crippen LogP contribution < -0.4 is 9.62 Å². The van der Waals surface area contributed by atoms with Gasteiger partial charge in [-0.15, -0.1) is 0 Å². The summed E-state index contributed by atoms with van der Waals surface area (Å²) in [7, 11) is -0.950. The number of anilines is 1. The highest BCUT2D eigenvalue weighted by Crippen LogP contribution is 2.29. The van der Waals surface area contributed by atoms with Gasteiger partial charge in [0.25, 0.3) is 5.69 Å². The molecular formula is C16H17ClN4O6S. The fraction of sp³-hybridized carbons (Fsp3) is 0.250. The number of esters is 1.